The van der Waals surface area contributed by atoms with Crippen LogP contribution in [0.4, 0.5) is 5.69 Å². The van der Waals surface area contributed by atoms with E-state index >= 15 is 0 Å². The van der Waals surface area contributed by atoms with Crippen molar-refractivity contribution >= 4 is 17.7 Å². The van der Waals surface area contributed by atoms with Crippen LogP contribution in [0.2, 0.25) is 0 Å². The number of ether oxygens (including phenoxy) is 1. The van der Waals surface area contributed by atoms with E-state index in [2.05, 4.69) is 54.5 Å². The first-order chi connectivity index (χ1) is 16.4. The molecule has 0 N–H and O–H groups in total. The minimum atomic E-state index is 0.0974. The smallest absolute Gasteiger partial charge is 0.253 e. The topological polar surface area (TPSA) is 36.0 Å². The van der Waals surface area contributed by atoms with Crippen LogP contribution in [0.25, 0.3) is 6.08 Å². The van der Waals surface area contributed by atoms with Crippen molar-refractivity contribution < 1.29 is 9.53 Å². The average Bonchev–Trinajstić information content (AvgIpc) is 2.86. The molecule has 2 fully saturated rings. The van der Waals surface area contributed by atoms with Crippen LogP contribution in [0.1, 0.15) is 49.0 Å². The van der Waals surface area contributed by atoms with Gasteiger partial charge in [0.2, 0.25) is 0 Å². The van der Waals surface area contributed by atoms with Crippen LogP contribution in [-0.4, -0.2) is 68.1 Å². The standard InChI is InChI=1S/C29H39N3O2/c1-4-24-8-5-9-25(22-24)28(33)32-19-17-31(18-20-32)26-10-12-27(13-11-26)34-21-7-16-30-15-6-14-29(2,3)23-30/h4-5,8-13,22H,1,6-7,14-21,23H2,2-3H3. The van der Waals surface area contributed by atoms with Crippen LogP contribution in [0.3, 0.4) is 0 Å². The van der Waals surface area contributed by atoms with Gasteiger partial charge in [-0.2, -0.15) is 0 Å². The molecule has 34 heavy (non-hydrogen) atoms. The highest BCUT2D eigenvalue weighted by Gasteiger charge is 2.26. The Balaban J connectivity index is 1.20. The van der Waals surface area contributed by atoms with Gasteiger partial charge in [-0.05, 0) is 73.2 Å². The van der Waals surface area contributed by atoms with E-state index in [1.807, 2.05) is 29.2 Å². The second-order valence-corrected chi connectivity index (χ2v) is 10.3. The minimum Gasteiger partial charge on any atom is -0.494 e. The number of nitrogens with zero attached hydrogens (tertiary/aromatic N) is 3. The van der Waals surface area contributed by atoms with Gasteiger partial charge in [0.15, 0.2) is 0 Å². The lowest BCUT2D eigenvalue weighted by Gasteiger charge is -2.38. The van der Waals surface area contributed by atoms with Gasteiger partial charge in [-0.25, -0.2) is 0 Å². The van der Waals surface area contributed by atoms with Crippen molar-refractivity contribution in [3.63, 3.8) is 0 Å². The Kier molecular flexibility index (Phi) is 7.94. The molecule has 4 rings (SSSR count). The molecule has 0 radical (unpaired) electrons. The van der Waals surface area contributed by atoms with Crippen molar-refractivity contribution in [2.24, 2.45) is 5.41 Å². The Hall–Kier alpha value is -2.79. The summed E-state index contributed by atoms with van der Waals surface area (Å²) < 4.78 is 6.00. The number of anilines is 1. The molecule has 2 aromatic carbocycles. The summed E-state index contributed by atoms with van der Waals surface area (Å²) in [4.78, 5) is 19.7. The lowest BCUT2D eigenvalue weighted by molar-refractivity contribution is 0.0746. The number of benzene rings is 2. The van der Waals surface area contributed by atoms with Crippen LogP contribution in [0.5, 0.6) is 5.75 Å². The maximum absolute atomic E-state index is 12.9. The summed E-state index contributed by atoms with van der Waals surface area (Å²) >= 11 is 0. The van der Waals surface area contributed by atoms with Gasteiger partial charge in [0.25, 0.3) is 5.91 Å². The summed E-state index contributed by atoms with van der Waals surface area (Å²) in [5.41, 5.74) is 3.34. The minimum absolute atomic E-state index is 0.0974. The van der Waals surface area contributed by atoms with Crippen LogP contribution in [-0.2, 0) is 0 Å². The molecule has 0 unspecified atom stereocenters. The van der Waals surface area contributed by atoms with Crippen molar-refractivity contribution in [2.75, 3.05) is 57.3 Å². The zero-order valence-electron chi connectivity index (χ0n) is 20.8. The fourth-order valence-electron chi connectivity index (χ4n) is 5.12. The van der Waals surface area contributed by atoms with E-state index in [9.17, 15) is 4.79 Å². The van der Waals surface area contributed by atoms with Crippen molar-refractivity contribution in [2.45, 2.75) is 33.1 Å². The predicted molar refractivity (Wildman–Crippen MR) is 141 cm³/mol. The van der Waals surface area contributed by atoms with E-state index < -0.39 is 0 Å². The Morgan fingerprint density at radius 3 is 2.53 bits per heavy atom. The number of likely N-dealkylation sites (tertiary alicyclic amines) is 1. The number of hydrogen-bond acceptors (Lipinski definition) is 4. The molecule has 2 aliphatic heterocycles. The monoisotopic (exact) mass is 461 g/mol. The number of carbonyl (C=O) groups is 1. The van der Waals surface area contributed by atoms with Crippen molar-refractivity contribution in [3.8, 4) is 5.75 Å². The molecule has 0 aromatic heterocycles. The van der Waals surface area contributed by atoms with E-state index in [0.29, 0.717) is 5.41 Å². The maximum Gasteiger partial charge on any atom is 0.253 e. The zero-order chi connectivity index (χ0) is 24.0. The SMILES string of the molecule is C=Cc1cccc(C(=O)N2CCN(c3ccc(OCCCN4CCCC(C)(C)C4)cc3)CC2)c1. The molecule has 1 amide bonds. The maximum atomic E-state index is 12.9. The molecule has 0 aliphatic carbocycles. The third-order valence-corrected chi connectivity index (χ3v) is 7.00. The average molecular weight is 462 g/mol. The second kappa shape index (κ2) is 11.1. The van der Waals surface area contributed by atoms with Gasteiger partial charge in [0.1, 0.15) is 5.75 Å². The van der Waals surface area contributed by atoms with Crippen LogP contribution >= 0.6 is 0 Å². The third-order valence-electron chi connectivity index (χ3n) is 7.00. The lowest BCUT2D eigenvalue weighted by Crippen LogP contribution is -2.48. The summed E-state index contributed by atoms with van der Waals surface area (Å²) in [5.74, 6) is 1.03. The first kappa shape index (κ1) is 24.3. The fraction of sp³-hybridized carbons (Fsp3) is 0.483. The van der Waals surface area contributed by atoms with E-state index in [-0.39, 0.29) is 5.91 Å². The predicted octanol–water partition coefficient (Wildman–Crippen LogP) is 5.18. The number of piperidine rings is 1. The van der Waals surface area contributed by atoms with Crippen molar-refractivity contribution in [1.29, 1.82) is 0 Å². The molecule has 5 heteroatoms. The molecule has 0 spiro atoms. The van der Waals surface area contributed by atoms with Gasteiger partial charge in [-0.1, -0.05) is 38.6 Å². The number of carbonyl (C=O) groups excluding carboxylic acids is 1. The Bertz CT molecular complexity index is 962. The summed E-state index contributed by atoms with van der Waals surface area (Å²) in [6.07, 6.45) is 5.47. The molecule has 2 aliphatic rings. The lowest BCUT2D eigenvalue weighted by atomic mass is 9.84. The molecule has 5 nitrogen and oxygen atoms in total. The molecule has 0 atom stereocenters. The quantitative estimate of drug-likeness (QED) is 0.508. The molecular formula is C29H39N3O2. The summed E-state index contributed by atoms with van der Waals surface area (Å²) in [6, 6.07) is 16.1. The molecule has 2 aromatic rings. The molecule has 182 valence electrons. The van der Waals surface area contributed by atoms with Crippen LogP contribution < -0.4 is 9.64 Å². The molecule has 2 heterocycles. The summed E-state index contributed by atoms with van der Waals surface area (Å²) in [5, 5.41) is 0. The molecular weight excluding hydrogens is 422 g/mol. The van der Waals surface area contributed by atoms with E-state index in [0.717, 1.165) is 62.6 Å². The molecule has 2 saturated heterocycles. The highest BCUT2D eigenvalue weighted by Crippen LogP contribution is 2.28. The Morgan fingerprint density at radius 1 is 1.06 bits per heavy atom. The van der Waals surface area contributed by atoms with Gasteiger partial charge in [-0.3, -0.25) is 4.79 Å². The Morgan fingerprint density at radius 2 is 1.82 bits per heavy atom. The highest BCUT2D eigenvalue weighted by molar-refractivity contribution is 5.95. The van der Waals surface area contributed by atoms with Crippen LogP contribution in [0, 0.1) is 5.41 Å². The first-order valence-corrected chi connectivity index (χ1v) is 12.7. The summed E-state index contributed by atoms with van der Waals surface area (Å²) in [6.45, 7) is 15.9. The fourth-order valence-corrected chi connectivity index (χ4v) is 5.12. The third kappa shape index (κ3) is 6.41. The molecule has 0 bridgehead atoms. The van der Waals surface area contributed by atoms with Gasteiger partial charge in [0, 0.05) is 50.5 Å². The molecule has 0 saturated carbocycles. The number of amides is 1. The van der Waals surface area contributed by atoms with Gasteiger partial charge < -0.3 is 19.4 Å². The van der Waals surface area contributed by atoms with Gasteiger partial charge >= 0.3 is 0 Å². The number of rotatable bonds is 8. The highest BCUT2D eigenvalue weighted by atomic mass is 16.5. The number of hydrogen-bond donors (Lipinski definition) is 0. The zero-order valence-corrected chi connectivity index (χ0v) is 20.8. The first-order valence-electron chi connectivity index (χ1n) is 12.7. The summed E-state index contributed by atoms with van der Waals surface area (Å²) in [7, 11) is 0. The van der Waals surface area contributed by atoms with E-state index in [1.165, 1.54) is 31.6 Å². The normalized spacial score (nSPS) is 18.5. The van der Waals surface area contributed by atoms with Crippen molar-refractivity contribution in [3.05, 3.63) is 66.2 Å². The van der Waals surface area contributed by atoms with E-state index in [1.54, 1.807) is 6.08 Å². The number of piperazine rings is 1. The van der Waals surface area contributed by atoms with E-state index in [4.69, 9.17) is 4.74 Å². The van der Waals surface area contributed by atoms with Crippen LogP contribution in [0.15, 0.2) is 55.1 Å². The van der Waals surface area contributed by atoms with Crippen molar-refractivity contribution in [1.82, 2.24) is 9.80 Å². The largest absolute Gasteiger partial charge is 0.494 e. The second-order valence-electron chi connectivity index (χ2n) is 10.3. The van der Waals surface area contributed by atoms with Gasteiger partial charge in [-0.15, -0.1) is 0 Å². The Labute approximate surface area is 205 Å². The van der Waals surface area contributed by atoms with Gasteiger partial charge in [0.05, 0.1) is 6.61 Å².